The van der Waals surface area contributed by atoms with E-state index in [1.807, 2.05) is 37.3 Å². The van der Waals surface area contributed by atoms with Gasteiger partial charge in [-0.15, -0.1) is 0 Å². The molecule has 0 fully saturated rings. The lowest BCUT2D eigenvalue weighted by atomic mass is 10.1. The van der Waals surface area contributed by atoms with Crippen LogP contribution in [0.4, 0.5) is 10.5 Å². The van der Waals surface area contributed by atoms with Crippen molar-refractivity contribution < 1.29 is 14.0 Å². The van der Waals surface area contributed by atoms with Crippen LogP contribution >= 0.6 is 0 Å². The van der Waals surface area contributed by atoms with Gasteiger partial charge in [-0.1, -0.05) is 18.2 Å². The number of fused-ring (bicyclic) bond motifs is 1. The quantitative estimate of drug-likeness (QED) is 0.692. The first-order valence-corrected chi connectivity index (χ1v) is 8.09. The third-order valence-corrected chi connectivity index (χ3v) is 4.30. The highest BCUT2D eigenvalue weighted by Gasteiger charge is 2.20. The SMILES string of the molecule is CC(=O)c1ccc(NC(=O)N(C)C(C)c2cc3ccccc3o2)cc1. The molecule has 1 unspecified atom stereocenters. The molecular formula is C20H20N2O3. The minimum atomic E-state index is -0.247. The molecule has 0 bridgehead atoms. The van der Waals surface area contributed by atoms with Gasteiger partial charge in [0.25, 0.3) is 0 Å². The van der Waals surface area contributed by atoms with Gasteiger partial charge in [0.05, 0.1) is 6.04 Å². The minimum absolute atomic E-state index is 0.00602. The number of hydrogen-bond donors (Lipinski definition) is 1. The summed E-state index contributed by atoms with van der Waals surface area (Å²) >= 11 is 0. The maximum absolute atomic E-state index is 12.5. The molecule has 0 aliphatic heterocycles. The molecule has 0 saturated carbocycles. The number of carbonyl (C=O) groups excluding carboxylic acids is 2. The number of benzene rings is 2. The Morgan fingerprint density at radius 1 is 1.08 bits per heavy atom. The van der Waals surface area contributed by atoms with Crippen LogP contribution in [-0.4, -0.2) is 23.8 Å². The molecule has 3 aromatic rings. The monoisotopic (exact) mass is 336 g/mol. The molecule has 2 aromatic carbocycles. The van der Waals surface area contributed by atoms with Gasteiger partial charge < -0.3 is 14.6 Å². The molecule has 1 N–H and O–H groups in total. The van der Waals surface area contributed by atoms with E-state index in [-0.39, 0.29) is 17.9 Å². The molecule has 0 radical (unpaired) electrons. The first-order chi connectivity index (χ1) is 12.0. The van der Waals surface area contributed by atoms with Crippen LogP contribution in [0.5, 0.6) is 0 Å². The van der Waals surface area contributed by atoms with Crippen molar-refractivity contribution in [1.82, 2.24) is 4.90 Å². The van der Waals surface area contributed by atoms with Gasteiger partial charge in [0.2, 0.25) is 0 Å². The Morgan fingerprint density at radius 3 is 2.40 bits per heavy atom. The van der Waals surface area contributed by atoms with Crippen LogP contribution in [0.15, 0.2) is 59.0 Å². The van der Waals surface area contributed by atoms with Crippen molar-refractivity contribution in [3.63, 3.8) is 0 Å². The lowest BCUT2D eigenvalue weighted by molar-refractivity contribution is 0.101. The van der Waals surface area contributed by atoms with E-state index in [0.29, 0.717) is 11.3 Å². The zero-order valence-electron chi connectivity index (χ0n) is 14.4. The highest BCUT2D eigenvalue weighted by atomic mass is 16.3. The molecule has 0 aliphatic rings. The highest BCUT2D eigenvalue weighted by molar-refractivity contribution is 5.95. The second-order valence-electron chi connectivity index (χ2n) is 6.04. The Kier molecular flexibility index (Phi) is 4.57. The molecule has 1 aromatic heterocycles. The maximum atomic E-state index is 12.5. The smallest absolute Gasteiger partial charge is 0.322 e. The third kappa shape index (κ3) is 3.55. The van der Waals surface area contributed by atoms with Crippen molar-refractivity contribution in [2.45, 2.75) is 19.9 Å². The number of ketones is 1. The van der Waals surface area contributed by atoms with Crippen LogP contribution in [0.1, 0.15) is 36.0 Å². The summed E-state index contributed by atoms with van der Waals surface area (Å²) in [5, 5.41) is 3.84. The Hall–Kier alpha value is -3.08. The number of urea groups is 1. The van der Waals surface area contributed by atoms with Crippen molar-refractivity contribution in [1.29, 1.82) is 0 Å². The molecule has 0 spiro atoms. The second kappa shape index (κ2) is 6.81. The van der Waals surface area contributed by atoms with Crippen LogP contribution < -0.4 is 5.32 Å². The summed E-state index contributed by atoms with van der Waals surface area (Å²) in [5.74, 6) is 0.722. The van der Waals surface area contributed by atoms with E-state index < -0.39 is 0 Å². The number of nitrogens with one attached hydrogen (secondary N) is 1. The summed E-state index contributed by atoms with van der Waals surface area (Å²) in [4.78, 5) is 25.3. The predicted octanol–water partition coefficient (Wildman–Crippen LogP) is 4.86. The number of amides is 2. The second-order valence-corrected chi connectivity index (χ2v) is 6.04. The first-order valence-electron chi connectivity index (χ1n) is 8.09. The average molecular weight is 336 g/mol. The van der Waals surface area contributed by atoms with Crippen LogP contribution in [0, 0.1) is 0 Å². The van der Waals surface area contributed by atoms with Crippen molar-refractivity contribution >= 4 is 28.5 Å². The fraction of sp³-hybridized carbons (Fsp3) is 0.200. The van der Waals surface area contributed by atoms with E-state index in [4.69, 9.17) is 4.42 Å². The topological polar surface area (TPSA) is 62.6 Å². The first kappa shape index (κ1) is 16.8. The van der Waals surface area contributed by atoms with Crippen LogP contribution in [0.2, 0.25) is 0 Å². The molecular weight excluding hydrogens is 316 g/mol. The van der Waals surface area contributed by atoms with Crippen molar-refractivity contribution in [2.75, 3.05) is 12.4 Å². The molecule has 5 nitrogen and oxygen atoms in total. The summed E-state index contributed by atoms with van der Waals surface area (Å²) in [6.45, 7) is 3.42. The molecule has 3 rings (SSSR count). The molecule has 25 heavy (non-hydrogen) atoms. The summed E-state index contributed by atoms with van der Waals surface area (Å²) in [7, 11) is 1.72. The van der Waals surface area contributed by atoms with Crippen molar-refractivity contribution in [3.05, 3.63) is 65.9 Å². The van der Waals surface area contributed by atoms with E-state index in [1.165, 1.54) is 6.92 Å². The predicted molar refractivity (Wildman–Crippen MR) is 97.9 cm³/mol. The molecule has 2 amide bonds. The normalized spacial score (nSPS) is 12.0. The largest absolute Gasteiger partial charge is 0.459 e. The zero-order valence-corrected chi connectivity index (χ0v) is 14.4. The Balaban J connectivity index is 1.71. The molecule has 0 saturated heterocycles. The van der Waals surface area contributed by atoms with Gasteiger partial charge in [-0.05, 0) is 50.2 Å². The van der Waals surface area contributed by atoms with Crippen LogP contribution in [0.25, 0.3) is 11.0 Å². The van der Waals surface area contributed by atoms with Crippen LogP contribution in [-0.2, 0) is 0 Å². The van der Waals surface area contributed by atoms with Gasteiger partial charge in [0.1, 0.15) is 11.3 Å². The van der Waals surface area contributed by atoms with Crippen molar-refractivity contribution in [2.24, 2.45) is 0 Å². The van der Waals surface area contributed by atoms with E-state index in [2.05, 4.69) is 5.32 Å². The van der Waals surface area contributed by atoms with Gasteiger partial charge >= 0.3 is 6.03 Å². The van der Waals surface area contributed by atoms with E-state index in [9.17, 15) is 9.59 Å². The Morgan fingerprint density at radius 2 is 1.76 bits per heavy atom. The van der Waals surface area contributed by atoms with Crippen LogP contribution in [0.3, 0.4) is 0 Å². The zero-order chi connectivity index (χ0) is 18.0. The van der Waals surface area contributed by atoms with Gasteiger partial charge in [-0.3, -0.25) is 4.79 Å². The number of rotatable bonds is 4. The number of Topliss-reactive ketones (excluding diaryl/α,β-unsaturated/α-hetero) is 1. The Bertz CT molecular complexity index is 879. The molecule has 5 heteroatoms. The number of carbonyl (C=O) groups is 2. The van der Waals surface area contributed by atoms with Gasteiger partial charge in [0.15, 0.2) is 5.78 Å². The number of anilines is 1. The third-order valence-electron chi connectivity index (χ3n) is 4.30. The fourth-order valence-electron chi connectivity index (χ4n) is 2.57. The maximum Gasteiger partial charge on any atom is 0.322 e. The molecule has 1 heterocycles. The van der Waals surface area contributed by atoms with Crippen molar-refractivity contribution in [3.8, 4) is 0 Å². The number of para-hydroxylation sites is 1. The molecule has 1 atom stereocenters. The van der Waals surface area contributed by atoms with Gasteiger partial charge in [-0.2, -0.15) is 0 Å². The average Bonchev–Trinajstić information content (AvgIpc) is 3.05. The van der Waals surface area contributed by atoms with Gasteiger partial charge in [-0.25, -0.2) is 4.79 Å². The summed E-state index contributed by atoms with van der Waals surface area (Å²) in [5.41, 5.74) is 2.05. The number of furan rings is 1. The number of nitrogens with zero attached hydrogens (tertiary/aromatic N) is 1. The highest BCUT2D eigenvalue weighted by Crippen LogP contribution is 2.27. The van der Waals surface area contributed by atoms with E-state index in [0.717, 1.165) is 16.7 Å². The fourth-order valence-corrected chi connectivity index (χ4v) is 2.57. The summed E-state index contributed by atoms with van der Waals surface area (Å²) in [6, 6.07) is 16.1. The lowest BCUT2D eigenvalue weighted by Gasteiger charge is -2.23. The van der Waals surface area contributed by atoms with E-state index in [1.54, 1.807) is 36.2 Å². The Labute approximate surface area is 146 Å². The summed E-state index contributed by atoms with van der Waals surface area (Å²) < 4.78 is 5.83. The molecule has 0 aliphatic carbocycles. The minimum Gasteiger partial charge on any atom is -0.459 e. The van der Waals surface area contributed by atoms with Gasteiger partial charge in [0, 0.05) is 23.7 Å². The lowest BCUT2D eigenvalue weighted by Crippen LogP contribution is -2.33. The summed E-state index contributed by atoms with van der Waals surface area (Å²) in [6.07, 6.45) is 0. The number of hydrogen-bond acceptors (Lipinski definition) is 3. The standard InChI is InChI=1S/C20H20N2O3/c1-13(19-12-16-6-4-5-7-18(16)25-19)22(3)20(24)21-17-10-8-15(9-11-17)14(2)23/h4-13H,1-3H3,(H,21,24). The van der Waals surface area contributed by atoms with E-state index >= 15 is 0 Å². The molecule has 128 valence electrons.